The molecule has 1 atom stereocenters. The van der Waals surface area contributed by atoms with E-state index >= 15 is 0 Å². The van der Waals surface area contributed by atoms with E-state index < -0.39 is 9.84 Å². The molecule has 134 valence electrons. The van der Waals surface area contributed by atoms with Crippen LogP contribution in [0.3, 0.4) is 0 Å². The SMILES string of the molecule is CN(C(=O)NCc1csc(Cc2ccccc2)n1)[C@@H]1CCS(=O)(=O)C1. The van der Waals surface area contributed by atoms with Gasteiger partial charge >= 0.3 is 6.03 Å². The molecule has 8 heteroatoms. The molecule has 1 saturated heterocycles. The van der Waals surface area contributed by atoms with Gasteiger partial charge in [-0.05, 0) is 12.0 Å². The average Bonchev–Trinajstić information content (AvgIpc) is 3.19. The molecule has 1 fully saturated rings. The van der Waals surface area contributed by atoms with Gasteiger partial charge in [0, 0.05) is 24.9 Å². The molecule has 0 bridgehead atoms. The molecule has 0 unspecified atom stereocenters. The van der Waals surface area contributed by atoms with Crippen LogP contribution in [0, 0.1) is 0 Å². The topological polar surface area (TPSA) is 79.4 Å². The third kappa shape index (κ3) is 4.79. The summed E-state index contributed by atoms with van der Waals surface area (Å²) in [6.07, 6.45) is 1.28. The van der Waals surface area contributed by atoms with Gasteiger partial charge in [0.1, 0.15) is 0 Å². The Balaban J connectivity index is 1.51. The second-order valence-electron chi connectivity index (χ2n) is 6.22. The molecule has 6 nitrogen and oxygen atoms in total. The molecule has 1 aromatic heterocycles. The van der Waals surface area contributed by atoms with E-state index in [1.54, 1.807) is 18.4 Å². The Bertz CT molecular complexity index is 834. The highest BCUT2D eigenvalue weighted by Gasteiger charge is 2.32. The van der Waals surface area contributed by atoms with Gasteiger partial charge in [-0.2, -0.15) is 0 Å². The van der Waals surface area contributed by atoms with E-state index in [0.29, 0.717) is 13.0 Å². The molecule has 1 aliphatic heterocycles. The third-order valence-electron chi connectivity index (χ3n) is 4.29. The summed E-state index contributed by atoms with van der Waals surface area (Å²) in [6.45, 7) is 0.341. The van der Waals surface area contributed by atoms with Crippen LogP contribution < -0.4 is 5.32 Å². The molecule has 1 N–H and O–H groups in total. The fourth-order valence-electron chi connectivity index (χ4n) is 2.82. The lowest BCUT2D eigenvalue weighted by Crippen LogP contribution is -2.43. The lowest BCUT2D eigenvalue weighted by Gasteiger charge is -2.23. The summed E-state index contributed by atoms with van der Waals surface area (Å²) in [4.78, 5) is 18.2. The number of urea groups is 1. The van der Waals surface area contributed by atoms with Crippen LogP contribution >= 0.6 is 11.3 Å². The summed E-state index contributed by atoms with van der Waals surface area (Å²) in [6, 6.07) is 9.61. The van der Waals surface area contributed by atoms with Gasteiger partial charge in [0.25, 0.3) is 0 Å². The first kappa shape index (κ1) is 17.9. The number of nitrogens with one attached hydrogen (secondary N) is 1. The first-order chi connectivity index (χ1) is 11.9. The molecule has 2 heterocycles. The van der Waals surface area contributed by atoms with Crippen LogP contribution in [-0.4, -0.2) is 48.9 Å². The van der Waals surface area contributed by atoms with Crippen molar-refractivity contribution in [1.82, 2.24) is 15.2 Å². The average molecular weight is 380 g/mol. The van der Waals surface area contributed by atoms with Crippen molar-refractivity contribution in [3.8, 4) is 0 Å². The number of sulfone groups is 1. The van der Waals surface area contributed by atoms with Crippen molar-refractivity contribution in [2.45, 2.75) is 25.4 Å². The molecule has 0 spiro atoms. The van der Waals surface area contributed by atoms with Crippen molar-refractivity contribution in [2.75, 3.05) is 18.6 Å². The Hall–Kier alpha value is -1.93. The third-order valence-corrected chi connectivity index (χ3v) is 6.94. The Morgan fingerprint density at radius 2 is 2.12 bits per heavy atom. The van der Waals surface area contributed by atoms with Gasteiger partial charge in [0.15, 0.2) is 9.84 Å². The molecule has 0 saturated carbocycles. The van der Waals surface area contributed by atoms with Crippen molar-refractivity contribution in [3.05, 3.63) is 52.0 Å². The molecule has 0 radical (unpaired) electrons. The van der Waals surface area contributed by atoms with Gasteiger partial charge in [-0.15, -0.1) is 11.3 Å². The van der Waals surface area contributed by atoms with E-state index in [1.807, 2.05) is 23.6 Å². The van der Waals surface area contributed by atoms with E-state index in [1.165, 1.54) is 10.5 Å². The molecular weight excluding hydrogens is 358 g/mol. The van der Waals surface area contributed by atoms with Gasteiger partial charge in [-0.1, -0.05) is 30.3 Å². The number of rotatable bonds is 5. The number of aromatic nitrogens is 1. The molecule has 0 aliphatic carbocycles. The first-order valence-corrected chi connectivity index (χ1v) is 10.8. The van der Waals surface area contributed by atoms with Gasteiger partial charge in [-0.25, -0.2) is 18.2 Å². The van der Waals surface area contributed by atoms with E-state index in [-0.39, 0.29) is 23.6 Å². The zero-order valence-corrected chi connectivity index (χ0v) is 15.6. The van der Waals surface area contributed by atoms with Crippen LogP contribution in [0.2, 0.25) is 0 Å². The van der Waals surface area contributed by atoms with Crippen LogP contribution in [0.4, 0.5) is 4.79 Å². The number of nitrogens with zero attached hydrogens (tertiary/aromatic N) is 2. The highest BCUT2D eigenvalue weighted by atomic mass is 32.2. The van der Waals surface area contributed by atoms with E-state index in [2.05, 4.69) is 22.4 Å². The van der Waals surface area contributed by atoms with Gasteiger partial charge in [0.05, 0.1) is 28.8 Å². The summed E-state index contributed by atoms with van der Waals surface area (Å²) in [7, 11) is -1.36. The summed E-state index contributed by atoms with van der Waals surface area (Å²) in [5, 5.41) is 5.76. The maximum Gasteiger partial charge on any atom is 0.317 e. The molecule has 1 aromatic carbocycles. The fourth-order valence-corrected chi connectivity index (χ4v) is 5.42. The Morgan fingerprint density at radius 3 is 2.80 bits per heavy atom. The number of hydrogen-bond donors (Lipinski definition) is 1. The number of hydrogen-bond acceptors (Lipinski definition) is 5. The highest BCUT2D eigenvalue weighted by Crippen LogP contribution is 2.17. The Labute approximate surface area is 151 Å². The fraction of sp³-hybridized carbons (Fsp3) is 0.412. The van der Waals surface area contributed by atoms with E-state index in [4.69, 9.17) is 0 Å². The van der Waals surface area contributed by atoms with Crippen molar-refractivity contribution in [2.24, 2.45) is 0 Å². The van der Waals surface area contributed by atoms with Crippen molar-refractivity contribution < 1.29 is 13.2 Å². The maximum absolute atomic E-state index is 12.2. The Morgan fingerprint density at radius 1 is 1.36 bits per heavy atom. The van der Waals surface area contributed by atoms with Gasteiger partial charge < -0.3 is 10.2 Å². The van der Waals surface area contributed by atoms with Crippen molar-refractivity contribution in [3.63, 3.8) is 0 Å². The standard InChI is InChI=1S/C17H21N3O3S2/c1-20(15-7-8-25(22,23)12-15)17(21)18-10-14-11-24-16(19-14)9-13-5-3-2-4-6-13/h2-6,11,15H,7-10,12H2,1H3,(H,18,21)/t15-/m1/s1. The van der Waals surface area contributed by atoms with Crippen LogP contribution in [-0.2, 0) is 22.8 Å². The summed E-state index contributed by atoms with van der Waals surface area (Å²) < 4.78 is 23.1. The van der Waals surface area contributed by atoms with Crippen LogP contribution in [0.25, 0.3) is 0 Å². The van der Waals surface area contributed by atoms with Gasteiger partial charge in [0.2, 0.25) is 0 Å². The summed E-state index contributed by atoms with van der Waals surface area (Å²) in [5.41, 5.74) is 2.02. The minimum Gasteiger partial charge on any atom is -0.332 e. The zero-order valence-electron chi connectivity index (χ0n) is 14.0. The monoisotopic (exact) mass is 379 g/mol. The predicted octanol–water partition coefficient (Wildman–Crippen LogP) is 2.06. The second kappa shape index (κ2) is 7.53. The normalized spacial score (nSPS) is 18.8. The maximum atomic E-state index is 12.2. The Kier molecular flexibility index (Phi) is 5.39. The molecular formula is C17H21N3O3S2. The second-order valence-corrected chi connectivity index (χ2v) is 9.39. The molecule has 3 rings (SSSR count). The number of carbonyl (C=O) groups excluding carboxylic acids is 1. The van der Waals surface area contributed by atoms with Crippen molar-refractivity contribution >= 4 is 27.2 Å². The number of carbonyl (C=O) groups is 1. The largest absolute Gasteiger partial charge is 0.332 e. The smallest absolute Gasteiger partial charge is 0.317 e. The molecule has 25 heavy (non-hydrogen) atoms. The van der Waals surface area contributed by atoms with E-state index in [0.717, 1.165) is 17.1 Å². The molecule has 2 aromatic rings. The van der Waals surface area contributed by atoms with Crippen LogP contribution in [0.1, 0.15) is 22.7 Å². The first-order valence-electron chi connectivity index (χ1n) is 8.11. The molecule has 2 amide bonds. The predicted molar refractivity (Wildman–Crippen MR) is 98.4 cm³/mol. The lowest BCUT2D eigenvalue weighted by atomic mass is 10.2. The quantitative estimate of drug-likeness (QED) is 0.862. The van der Waals surface area contributed by atoms with Crippen LogP contribution in [0.15, 0.2) is 35.7 Å². The highest BCUT2D eigenvalue weighted by molar-refractivity contribution is 7.91. The molecule has 1 aliphatic rings. The zero-order chi connectivity index (χ0) is 17.9. The number of benzene rings is 1. The van der Waals surface area contributed by atoms with Crippen molar-refractivity contribution in [1.29, 1.82) is 0 Å². The van der Waals surface area contributed by atoms with E-state index in [9.17, 15) is 13.2 Å². The number of thiazole rings is 1. The number of amides is 2. The van der Waals surface area contributed by atoms with Crippen LogP contribution in [0.5, 0.6) is 0 Å². The van der Waals surface area contributed by atoms with Gasteiger partial charge in [-0.3, -0.25) is 0 Å². The summed E-state index contributed by atoms with van der Waals surface area (Å²) in [5.74, 6) is 0.207. The summed E-state index contributed by atoms with van der Waals surface area (Å²) >= 11 is 1.57. The minimum absolute atomic E-state index is 0.0504. The minimum atomic E-state index is -3.00. The lowest BCUT2D eigenvalue weighted by molar-refractivity contribution is 0.194.